The Morgan fingerprint density at radius 1 is 1.21 bits per heavy atom. The highest BCUT2D eigenvalue weighted by Crippen LogP contribution is 2.48. The molecule has 4 nitrogen and oxygen atoms in total. The topological polar surface area (TPSA) is 32.8 Å². The van der Waals surface area contributed by atoms with Crippen molar-refractivity contribution in [3.63, 3.8) is 0 Å². The molecule has 0 saturated carbocycles. The molecule has 0 aromatic heterocycles. The molecule has 0 aliphatic carbocycles. The van der Waals surface area contributed by atoms with Crippen molar-refractivity contribution in [1.82, 2.24) is 9.80 Å². The fourth-order valence-corrected chi connectivity index (χ4v) is 5.18. The van der Waals surface area contributed by atoms with Crippen LogP contribution in [0.1, 0.15) is 55.4 Å². The standard InChI is InChI=1S/C22H36N2O2SSi/c1-10-19-18(15-26-28(8,9)22(2,3)4)24(7)21(27-19)17-13-11-16(12-14-17)20(25)23(5)6/h11-14,21H,10,15H2,1-9H3. The van der Waals surface area contributed by atoms with E-state index in [-0.39, 0.29) is 16.3 Å². The Morgan fingerprint density at radius 2 is 1.79 bits per heavy atom. The lowest BCUT2D eigenvalue weighted by atomic mass is 10.1. The molecule has 0 spiro atoms. The van der Waals surface area contributed by atoms with E-state index in [1.807, 2.05) is 23.9 Å². The SMILES string of the molecule is CCC1=C(CO[Si](C)(C)C(C)(C)C)N(C)C(c2ccc(C(=O)N(C)C)cc2)S1. The summed E-state index contributed by atoms with van der Waals surface area (Å²) in [7, 11) is 3.93. The minimum Gasteiger partial charge on any atom is -0.411 e. The summed E-state index contributed by atoms with van der Waals surface area (Å²) < 4.78 is 6.52. The summed E-state index contributed by atoms with van der Waals surface area (Å²) in [5.74, 6) is 0.0369. The second-order valence-corrected chi connectivity index (χ2v) is 15.2. The van der Waals surface area contributed by atoms with E-state index in [0.717, 1.165) is 12.0 Å². The number of benzene rings is 1. The van der Waals surface area contributed by atoms with Crippen LogP contribution < -0.4 is 0 Å². The molecule has 0 bridgehead atoms. The monoisotopic (exact) mass is 420 g/mol. The van der Waals surface area contributed by atoms with Crippen molar-refractivity contribution in [2.75, 3.05) is 27.7 Å². The summed E-state index contributed by atoms with van der Waals surface area (Å²) >= 11 is 1.90. The zero-order chi connectivity index (χ0) is 21.3. The molecule has 0 N–H and O–H groups in total. The van der Waals surface area contributed by atoms with E-state index in [0.29, 0.717) is 6.61 Å². The van der Waals surface area contributed by atoms with Crippen LogP contribution in [-0.4, -0.2) is 51.8 Å². The van der Waals surface area contributed by atoms with E-state index in [4.69, 9.17) is 4.43 Å². The number of rotatable bonds is 6. The highest BCUT2D eigenvalue weighted by molar-refractivity contribution is 8.03. The lowest BCUT2D eigenvalue weighted by Crippen LogP contribution is -2.42. The van der Waals surface area contributed by atoms with Crippen LogP contribution in [0.5, 0.6) is 0 Å². The number of carbonyl (C=O) groups is 1. The maximum absolute atomic E-state index is 12.1. The highest BCUT2D eigenvalue weighted by atomic mass is 32.2. The maximum atomic E-state index is 12.1. The summed E-state index contributed by atoms with van der Waals surface area (Å²) in [5.41, 5.74) is 3.25. The van der Waals surface area contributed by atoms with Crippen LogP contribution in [0.25, 0.3) is 0 Å². The van der Waals surface area contributed by atoms with Gasteiger partial charge >= 0.3 is 0 Å². The molecule has 6 heteroatoms. The van der Waals surface area contributed by atoms with Crippen molar-refractivity contribution in [2.24, 2.45) is 0 Å². The zero-order valence-corrected chi connectivity index (χ0v) is 20.7. The van der Waals surface area contributed by atoms with Gasteiger partial charge in [-0.1, -0.05) is 51.6 Å². The molecule has 1 unspecified atom stereocenters. The van der Waals surface area contributed by atoms with Crippen molar-refractivity contribution < 1.29 is 9.22 Å². The number of nitrogens with zero attached hydrogens (tertiary/aromatic N) is 2. The van der Waals surface area contributed by atoms with E-state index < -0.39 is 8.32 Å². The Labute approximate surface area is 176 Å². The smallest absolute Gasteiger partial charge is 0.253 e. The Kier molecular flexibility index (Phi) is 7.11. The van der Waals surface area contributed by atoms with Gasteiger partial charge in [-0.2, -0.15) is 0 Å². The molecule has 1 aliphatic rings. The molecule has 0 fully saturated rings. The largest absolute Gasteiger partial charge is 0.411 e. The van der Waals surface area contributed by atoms with Crippen molar-refractivity contribution in [1.29, 1.82) is 0 Å². The molecule has 0 radical (unpaired) electrons. The van der Waals surface area contributed by atoms with Crippen LogP contribution in [0.15, 0.2) is 34.9 Å². The van der Waals surface area contributed by atoms with Gasteiger partial charge < -0.3 is 14.2 Å². The first-order valence-electron chi connectivity index (χ1n) is 9.96. The van der Waals surface area contributed by atoms with Gasteiger partial charge in [-0.05, 0) is 42.2 Å². The second kappa shape index (κ2) is 8.64. The molecule has 156 valence electrons. The van der Waals surface area contributed by atoms with Gasteiger partial charge in [0.25, 0.3) is 5.91 Å². The third-order valence-corrected chi connectivity index (χ3v) is 12.0. The van der Waals surface area contributed by atoms with Gasteiger partial charge in [-0.25, -0.2) is 0 Å². The van der Waals surface area contributed by atoms with Gasteiger partial charge in [-0.3, -0.25) is 4.79 Å². The lowest BCUT2D eigenvalue weighted by Gasteiger charge is -2.37. The molecule has 28 heavy (non-hydrogen) atoms. The molecular formula is C22H36N2O2SSi. The van der Waals surface area contributed by atoms with Crippen LogP contribution in [0.4, 0.5) is 0 Å². The Hall–Kier alpha value is -1.24. The van der Waals surface area contributed by atoms with Crippen molar-refractivity contribution >= 4 is 26.0 Å². The average Bonchev–Trinajstić information content (AvgIpc) is 2.94. The number of thioether (sulfide) groups is 1. The zero-order valence-electron chi connectivity index (χ0n) is 18.9. The van der Waals surface area contributed by atoms with Crippen molar-refractivity contribution in [3.05, 3.63) is 46.0 Å². The lowest BCUT2D eigenvalue weighted by molar-refractivity contribution is 0.0827. The molecule has 1 aromatic rings. The Morgan fingerprint density at radius 3 is 2.25 bits per heavy atom. The van der Waals surface area contributed by atoms with Gasteiger partial charge in [-0.15, -0.1) is 0 Å². The summed E-state index contributed by atoms with van der Waals surface area (Å²) in [6, 6.07) is 8.02. The predicted molar refractivity (Wildman–Crippen MR) is 123 cm³/mol. The Balaban J connectivity index is 2.16. The minimum atomic E-state index is -1.79. The number of likely N-dealkylation sites (N-methyl/N-ethyl adjacent to an activating group) is 1. The highest BCUT2D eigenvalue weighted by Gasteiger charge is 2.39. The van der Waals surface area contributed by atoms with Crippen LogP contribution in [0.3, 0.4) is 0 Å². The fourth-order valence-electron chi connectivity index (χ4n) is 2.90. The fraction of sp³-hybridized carbons (Fsp3) is 0.591. The average molecular weight is 421 g/mol. The van der Waals surface area contributed by atoms with E-state index >= 15 is 0 Å². The summed E-state index contributed by atoms with van der Waals surface area (Å²) in [5, 5.41) is 0.440. The number of amides is 1. The Bertz CT molecular complexity index is 736. The summed E-state index contributed by atoms with van der Waals surface area (Å²) in [6.45, 7) is 14.3. The third-order valence-electron chi connectivity index (χ3n) is 5.90. The molecule has 1 aromatic carbocycles. The first-order valence-corrected chi connectivity index (χ1v) is 13.7. The van der Waals surface area contributed by atoms with Gasteiger partial charge in [0.1, 0.15) is 5.37 Å². The molecule has 2 rings (SSSR count). The van der Waals surface area contributed by atoms with E-state index in [2.05, 4.69) is 64.9 Å². The quantitative estimate of drug-likeness (QED) is 0.552. The second-order valence-electron chi connectivity index (χ2n) is 9.18. The predicted octanol–water partition coefficient (Wildman–Crippen LogP) is 5.71. The first kappa shape index (κ1) is 23.0. The molecule has 0 saturated heterocycles. The first-order chi connectivity index (χ1) is 12.9. The third kappa shape index (κ3) is 4.84. The normalized spacial score (nSPS) is 18.0. The minimum absolute atomic E-state index is 0.0369. The van der Waals surface area contributed by atoms with E-state index in [9.17, 15) is 4.79 Å². The van der Waals surface area contributed by atoms with Gasteiger partial charge in [0.2, 0.25) is 0 Å². The molecule has 1 atom stereocenters. The van der Waals surface area contributed by atoms with E-state index in [1.165, 1.54) is 16.2 Å². The molecular weight excluding hydrogens is 384 g/mol. The van der Waals surface area contributed by atoms with Crippen LogP contribution in [0.2, 0.25) is 18.1 Å². The number of allylic oxidation sites excluding steroid dienone is 1. The molecule has 1 heterocycles. The van der Waals surface area contributed by atoms with Gasteiger partial charge in [0.15, 0.2) is 8.32 Å². The maximum Gasteiger partial charge on any atom is 0.253 e. The summed E-state index contributed by atoms with van der Waals surface area (Å²) in [4.78, 5) is 17.5. The molecule has 1 aliphatic heterocycles. The van der Waals surface area contributed by atoms with Crippen LogP contribution in [-0.2, 0) is 4.43 Å². The van der Waals surface area contributed by atoms with Gasteiger partial charge in [0.05, 0.1) is 6.61 Å². The van der Waals surface area contributed by atoms with Crippen molar-refractivity contribution in [2.45, 2.75) is 57.6 Å². The van der Waals surface area contributed by atoms with E-state index in [1.54, 1.807) is 19.0 Å². The molecule has 1 amide bonds. The number of hydrogen-bond acceptors (Lipinski definition) is 4. The van der Waals surface area contributed by atoms with Gasteiger partial charge in [0, 0.05) is 37.3 Å². The number of hydrogen-bond donors (Lipinski definition) is 0. The van der Waals surface area contributed by atoms with Crippen LogP contribution >= 0.6 is 11.8 Å². The van der Waals surface area contributed by atoms with Crippen LogP contribution in [0, 0.1) is 0 Å². The number of carbonyl (C=O) groups excluding carboxylic acids is 1. The summed E-state index contributed by atoms with van der Waals surface area (Å²) in [6.07, 6.45) is 1.01. The van der Waals surface area contributed by atoms with Crippen molar-refractivity contribution in [3.8, 4) is 0 Å².